The second-order valence-electron chi connectivity index (χ2n) is 6.52. The highest BCUT2D eigenvalue weighted by atomic mass is 19.4. The highest BCUT2D eigenvalue weighted by Crippen LogP contribution is 2.36. The summed E-state index contributed by atoms with van der Waals surface area (Å²) in [6.07, 6.45) is -6.01. The van der Waals surface area contributed by atoms with Gasteiger partial charge < -0.3 is 14.7 Å². The van der Waals surface area contributed by atoms with Gasteiger partial charge in [-0.3, -0.25) is 0 Å². The molecule has 0 amide bonds. The average molecular weight is 376 g/mol. The molecule has 2 aromatic carbocycles. The molecule has 1 unspecified atom stereocenters. The fourth-order valence-electron chi connectivity index (χ4n) is 3.27. The second kappa shape index (κ2) is 7.59. The molecular formula is C20H19F3N2O2. The first-order valence-electron chi connectivity index (χ1n) is 8.55. The topological polar surface area (TPSA) is 56.5 Å². The van der Waals surface area contributed by atoms with Gasteiger partial charge in [0.25, 0.3) is 0 Å². The van der Waals surface area contributed by atoms with E-state index >= 15 is 0 Å². The summed E-state index contributed by atoms with van der Waals surface area (Å²) in [5, 5.41) is 19.4. The summed E-state index contributed by atoms with van der Waals surface area (Å²) in [6, 6.07) is 14.6. The lowest BCUT2D eigenvalue weighted by molar-refractivity contribution is -0.137. The molecule has 27 heavy (non-hydrogen) atoms. The number of aliphatic hydroxyl groups is 1. The van der Waals surface area contributed by atoms with Gasteiger partial charge in [0, 0.05) is 18.7 Å². The number of ether oxygens (including phenoxy) is 1. The Morgan fingerprint density at radius 2 is 1.96 bits per heavy atom. The molecule has 1 N–H and O–H groups in total. The smallest absolute Gasteiger partial charge is 0.390 e. The van der Waals surface area contributed by atoms with Crippen molar-refractivity contribution in [2.75, 3.05) is 11.4 Å². The zero-order chi connectivity index (χ0) is 19.6. The molecule has 1 aliphatic heterocycles. The van der Waals surface area contributed by atoms with Gasteiger partial charge in [-0.15, -0.1) is 0 Å². The fourth-order valence-corrected chi connectivity index (χ4v) is 3.27. The van der Waals surface area contributed by atoms with Gasteiger partial charge in [-0.1, -0.05) is 30.3 Å². The Hall–Kier alpha value is -2.56. The molecule has 1 aliphatic rings. The predicted molar refractivity (Wildman–Crippen MR) is 94.0 cm³/mol. The quantitative estimate of drug-likeness (QED) is 0.883. The monoisotopic (exact) mass is 376 g/mol. The molecule has 0 bridgehead atoms. The van der Waals surface area contributed by atoms with E-state index in [4.69, 9.17) is 10.00 Å². The van der Waals surface area contributed by atoms with Gasteiger partial charge in [0.15, 0.2) is 0 Å². The van der Waals surface area contributed by atoms with Crippen LogP contribution in [0.2, 0.25) is 0 Å². The van der Waals surface area contributed by atoms with Crippen molar-refractivity contribution in [3.8, 4) is 6.07 Å². The van der Waals surface area contributed by atoms with Crippen LogP contribution in [0.25, 0.3) is 0 Å². The van der Waals surface area contributed by atoms with Gasteiger partial charge in [0.05, 0.1) is 23.3 Å². The maximum Gasteiger partial charge on any atom is 0.417 e. The van der Waals surface area contributed by atoms with Crippen LogP contribution in [0, 0.1) is 11.3 Å². The van der Waals surface area contributed by atoms with Crippen LogP contribution in [0.1, 0.15) is 23.6 Å². The summed E-state index contributed by atoms with van der Waals surface area (Å²) in [6.45, 7) is 1.99. The lowest BCUT2D eigenvalue weighted by atomic mass is 10.0. The van der Waals surface area contributed by atoms with Crippen LogP contribution in [0.3, 0.4) is 0 Å². The highest BCUT2D eigenvalue weighted by molar-refractivity contribution is 5.55. The summed E-state index contributed by atoms with van der Waals surface area (Å²) < 4.78 is 45.4. The van der Waals surface area contributed by atoms with Crippen molar-refractivity contribution >= 4 is 5.69 Å². The van der Waals surface area contributed by atoms with Crippen molar-refractivity contribution in [1.82, 2.24) is 0 Å². The maximum atomic E-state index is 13.2. The Morgan fingerprint density at radius 3 is 2.59 bits per heavy atom. The molecule has 3 rings (SSSR count). The first-order chi connectivity index (χ1) is 12.8. The lowest BCUT2D eigenvalue weighted by Crippen LogP contribution is -2.32. The number of benzene rings is 2. The van der Waals surface area contributed by atoms with E-state index in [1.54, 1.807) is 17.9 Å². The van der Waals surface area contributed by atoms with E-state index in [-0.39, 0.29) is 6.54 Å². The highest BCUT2D eigenvalue weighted by Gasteiger charge is 2.37. The third-order valence-electron chi connectivity index (χ3n) is 4.66. The molecule has 3 atom stereocenters. The van der Waals surface area contributed by atoms with Crippen molar-refractivity contribution in [2.45, 2.75) is 38.0 Å². The zero-order valence-electron chi connectivity index (χ0n) is 14.6. The van der Waals surface area contributed by atoms with Crippen LogP contribution in [-0.4, -0.2) is 30.1 Å². The van der Waals surface area contributed by atoms with Gasteiger partial charge in [-0.25, -0.2) is 0 Å². The fraction of sp³-hybridized carbons (Fsp3) is 0.350. The van der Waals surface area contributed by atoms with Gasteiger partial charge in [-0.2, -0.15) is 18.4 Å². The van der Waals surface area contributed by atoms with E-state index in [1.165, 1.54) is 12.1 Å². The molecular weight excluding hydrogens is 357 g/mol. The maximum absolute atomic E-state index is 13.2. The summed E-state index contributed by atoms with van der Waals surface area (Å²) in [7, 11) is 0. The van der Waals surface area contributed by atoms with Gasteiger partial charge in [0.1, 0.15) is 12.3 Å². The Balaban J connectivity index is 1.78. The molecule has 0 saturated carbocycles. The number of rotatable bonds is 4. The molecule has 2 aromatic rings. The largest absolute Gasteiger partial charge is 0.417 e. The van der Waals surface area contributed by atoms with Crippen molar-refractivity contribution in [3.05, 3.63) is 65.2 Å². The minimum Gasteiger partial charge on any atom is -0.390 e. The summed E-state index contributed by atoms with van der Waals surface area (Å²) in [5.74, 6) is 0. The van der Waals surface area contributed by atoms with Crippen molar-refractivity contribution in [2.24, 2.45) is 0 Å². The number of hydrogen-bond donors (Lipinski definition) is 1. The normalized spacial score (nSPS) is 21.1. The van der Waals surface area contributed by atoms with Crippen LogP contribution < -0.4 is 4.90 Å². The van der Waals surface area contributed by atoms with Crippen LogP contribution in [0.15, 0.2) is 48.5 Å². The van der Waals surface area contributed by atoms with E-state index in [2.05, 4.69) is 0 Å². The first kappa shape index (κ1) is 19.2. The van der Waals surface area contributed by atoms with E-state index in [1.807, 2.05) is 30.3 Å². The van der Waals surface area contributed by atoms with E-state index in [0.717, 1.165) is 11.6 Å². The average Bonchev–Trinajstić information content (AvgIpc) is 3.03. The van der Waals surface area contributed by atoms with Crippen molar-refractivity contribution in [1.29, 1.82) is 5.26 Å². The predicted octanol–water partition coefficient (Wildman–Crippen LogP) is 3.73. The van der Waals surface area contributed by atoms with Crippen LogP contribution >= 0.6 is 0 Å². The summed E-state index contributed by atoms with van der Waals surface area (Å²) in [4.78, 5) is 1.66. The SMILES string of the molecule is C[C@H]1O[C@H](C(O)Cc2ccccc2)CN1c1ccc(C#N)c(C(F)(F)F)c1. The minimum absolute atomic E-state index is 0.262. The lowest BCUT2D eigenvalue weighted by Gasteiger charge is -2.23. The molecule has 7 heteroatoms. The Kier molecular flexibility index (Phi) is 5.40. The molecule has 0 aliphatic carbocycles. The van der Waals surface area contributed by atoms with Gasteiger partial charge in [-0.05, 0) is 30.7 Å². The molecule has 1 heterocycles. The number of anilines is 1. The van der Waals surface area contributed by atoms with E-state index in [0.29, 0.717) is 12.1 Å². The van der Waals surface area contributed by atoms with Crippen LogP contribution in [0.5, 0.6) is 0 Å². The van der Waals surface area contributed by atoms with Crippen LogP contribution in [0.4, 0.5) is 18.9 Å². The third-order valence-corrected chi connectivity index (χ3v) is 4.66. The van der Waals surface area contributed by atoms with E-state index < -0.39 is 35.7 Å². The van der Waals surface area contributed by atoms with E-state index in [9.17, 15) is 18.3 Å². The molecule has 1 saturated heterocycles. The van der Waals surface area contributed by atoms with Gasteiger partial charge >= 0.3 is 6.18 Å². The van der Waals surface area contributed by atoms with Crippen LogP contribution in [-0.2, 0) is 17.3 Å². The number of nitriles is 1. The standard InChI is InChI=1S/C20H19F3N2O2/c1-13-25(16-8-7-15(11-24)17(10-16)20(21,22)23)12-19(27-13)18(26)9-14-5-3-2-4-6-14/h2-8,10,13,18-19,26H,9,12H2,1H3/t13-,18?,19+/m1/s1. The Bertz CT molecular complexity index is 833. The number of aliphatic hydroxyl groups excluding tert-OH is 1. The second-order valence-corrected chi connectivity index (χ2v) is 6.52. The van der Waals surface area contributed by atoms with Gasteiger partial charge in [0.2, 0.25) is 0 Å². The number of alkyl halides is 3. The number of halogens is 3. The first-order valence-corrected chi connectivity index (χ1v) is 8.55. The Labute approximate surface area is 155 Å². The van der Waals surface area contributed by atoms with Crippen molar-refractivity contribution < 1.29 is 23.0 Å². The molecule has 1 fully saturated rings. The third kappa shape index (κ3) is 4.24. The zero-order valence-corrected chi connectivity index (χ0v) is 14.6. The Morgan fingerprint density at radius 1 is 1.26 bits per heavy atom. The molecule has 0 radical (unpaired) electrons. The van der Waals surface area contributed by atoms with Crippen molar-refractivity contribution in [3.63, 3.8) is 0 Å². The molecule has 0 spiro atoms. The minimum atomic E-state index is -4.61. The summed E-state index contributed by atoms with van der Waals surface area (Å²) >= 11 is 0. The molecule has 0 aromatic heterocycles. The molecule has 4 nitrogen and oxygen atoms in total. The number of nitrogens with zero attached hydrogens (tertiary/aromatic N) is 2. The summed E-state index contributed by atoms with van der Waals surface area (Å²) in [5.41, 5.74) is -0.122. The molecule has 142 valence electrons. The number of hydrogen-bond acceptors (Lipinski definition) is 4.